The molecule has 5 rings (SSSR count). The summed E-state index contributed by atoms with van der Waals surface area (Å²) in [6.45, 7) is 2.51. The van der Waals surface area contributed by atoms with E-state index in [9.17, 15) is 14.0 Å². The van der Waals surface area contributed by atoms with Crippen LogP contribution in [0.1, 0.15) is 19.8 Å². The summed E-state index contributed by atoms with van der Waals surface area (Å²) in [6.07, 6.45) is 5.31. The number of carbonyl (C=O) groups excluding carboxylic acids is 1. The molecule has 1 N–H and O–H groups in total. The Morgan fingerprint density at radius 2 is 1.83 bits per heavy atom. The number of nitrogens with zero attached hydrogens (tertiary/aromatic N) is 5. The van der Waals surface area contributed by atoms with Crippen LogP contribution in [-0.4, -0.2) is 36.3 Å². The van der Waals surface area contributed by atoms with Gasteiger partial charge in [-0.1, -0.05) is 13.3 Å². The number of halogens is 1. The second-order valence-electron chi connectivity index (χ2n) is 8.07. The molecule has 9 nitrogen and oxygen atoms in total. The van der Waals surface area contributed by atoms with Crippen LogP contribution in [0.25, 0.3) is 22.4 Å². The molecule has 10 heteroatoms. The molecule has 2 aromatic carbocycles. The van der Waals surface area contributed by atoms with E-state index in [4.69, 9.17) is 4.74 Å². The van der Waals surface area contributed by atoms with Crippen LogP contribution in [0.15, 0.2) is 71.8 Å². The number of hydrogen-bond donors (Lipinski definition) is 1. The molecule has 178 valence electrons. The lowest BCUT2D eigenvalue weighted by molar-refractivity contribution is -0.117. The smallest absolute Gasteiger partial charge is 0.350 e. The summed E-state index contributed by atoms with van der Waals surface area (Å²) < 4.78 is 22.9. The first-order valence-corrected chi connectivity index (χ1v) is 11.3. The van der Waals surface area contributed by atoms with Crippen LogP contribution in [-0.2, 0) is 11.3 Å². The minimum absolute atomic E-state index is 0.287. The van der Waals surface area contributed by atoms with Crippen molar-refractivity contribution in [1.29, 1.82) is 0 Å². The minimum Gasteiger partial charge on any atom is -0.494 e. The minimum atomic E-state index is -0.451. The molecule has 0 bridgehead atoms. The maximum Gasteiger partial charge on any atom is 0.350 e. The number of hydrogen-bond acceptors (Lipinski definition) is 5. The van der Waals surface area contributed by atoms with Crippen LogP contribution in [0.2, 0.25) is 0 Å². The molecule has 0 fully saturated rings. The van der Waals surface area contributed by atoms with Crippen molar-refractivity contribution in [2.45, 2.75) is 26.3 Å². The van der Waals surface area contributed by atoms with Gasteiger partial charge in [0.2, 0.25) is 5.91 Å². The Kier molecular flexibility index (Phi) is 6.01. The fourth-order valence-corrected chi connectivity index (χ4v) is 3.70. The predicted molar refractivity (Wildman–Crippen MR) is 129 cm³/mol. The number of amides is 1. The number of carbonyl (C=O) groups is 1. The van der Waals surface area contributed by atoms with Gasteiger partial charge in [0.15, 0.2) is 5.65 Å². The van der Waals surface area contributed by atoms with Crippen LogP contribution in [0.4, 0.5) is 10.1 Å². The van der Waals surface area contributed by atoms with Gasteiger partial charge in [-0.2, -0.15) is 5.10 Å². The number of anilines is 1. The summed E-state index contributed by atoms with van der Waals surface area (Å²) in [4.78, 5) is 25.2. The van der Waals surface area contributed by atoms with Crippen LogP contribution in [0.3, 0.4) is 0 Å². The van der Waals surface area contributed by atoms with Crippen molar-refractivity contribution in [2.24, 2.45) is 0 Å². The third-order valence-corrected chi connectivity index (χ3v) is 5.53. The van der Waals surface area contributed by atoms with Crippen molar-refractivity contribution in [1.82, 2.24) is 23.8 Å². The van der Waals surface area contributed by atoms with Crippen LogP contribution in [0, 0.1) is 5.82 Å². The molecule has 0 unspecified atom stereocenters. The second-order valence-corrected chi connectivity index (χ2v) is 8.07. The molecule has 0 spiro atoms. The number of unbranched alkanes of at least 4 members (excludes halogenated alkanes) is 1. The zero-order chi connectivity index (χ0) is 24.4. The lowest BCUT2D eigenvalue weighted by Gasteiger charge is -2.05. The van der Waals surface area contributed by atoms with Gasteiger partial charge in [-0.25, -0.2) is 22.8 Å². The quantitative estimate of drug-likeness (QED) is 0.346. The van der Waals surface area contributed by atoms with Gasteiger partial charge in [-0.15, -0.1) is 5.10 Å². The monoisotopic (exact) mass is 474 g/mol. The first kappa shape index (κ1) is 22.3. The third-order valence-electron chi connectivity index (χ3n) is 5.53. The highest BCUT2D eigenvalue weighted by atomic mass is 19.1. The molecule has 0 saturated carbocycles. The Morgan fingerprint density at radius 3 is 2.57 bits per heavy atom. The zero-order valence-electron chi connectivity index (χ0n) is 19.0. The summed E-state index contributed by atoms with van der Waals surface area (Å²) in [5.41, 5.74) is 2.60. The van der Waals surface area contributed by atoms with Gasteiger partial charge in [0, 0.05) is 23.6 Å². The number of nitrogens with one attached hydrogen (secondary N) is 1. The van der Waals surface area contributed by atoms with E-state index in [1.807, 2.05) is 30.3 Å². The van der Waals surface area contributed by atoms with E-state index in [-0.39, 0.29) is 6.54 Å². The molecule has 35 heavy (non-hydrogen) atoms. The van der Waals surface area contributed by atoms with Crippen LogP contribution < -0.4 is 15.7 Å². The average Bonchev–Trinajstić information content (AvgIpc) is 3.43. The van der Waals surface area contributed by atoms with Crippen molar-refractivity contribution in [3.63, 3.8) is 0 Å². The number of benzene rings is 2. The van der Waals surface area contributed by atoms with Gasteiger partial charge < -0.3 is 10.1 Å². The molecule has 0 aliphatic heterocycles. The van der Waals surface area contributed by atoms with Crippen LogP contribution in [0.5, 0.6) is 5.75 Å². The number of fused-ring (bicyclic) bond motifs is 3. The Hall–Kier alpha value is -4.47. The molecule has 0 radical (unpaired) electrons. The summed E-state index contributed by atoms with van der Waals surface area (Å²) in [6, 6.07) is 14.9. The molecule has 3 aromatic heterocycles. The SMILES string of the molecule is CCCCOc1ccc(-c2cc3c4nn(CC(=O)Nc5ccc(F)cc5)c(=O)n4ccn3n2)cc1. The molecule has 1 amide bonds. The van der Waals surface area contributed by atoms with E-state index in [1.54, 1.807) is 16.9 Å². The number of aromatic nitrogens is 5. The van der Waals surface area contributed by atoms with Gasteiger partial charge >= 0.3 is 5.69 Å². The lowest BCUT2D eigenvalue weighted by atomic mass is 10.1. The number of ether oxygens (including phenoxy) is 1. The third kappa shape index (κ3) is 4.63. The molecule has 0 atom stereocenters. The fraction of sp³-hybridized carbons (Fsp3) is 0.200. The van der Waals surface area contributed by atoms with Gasteiger partial charge in [0.05, 0.1) is 12.3 Å². The fourth-order valence-electron chi connectivity index (χ4n) is 3.70. The topological polar surface area (TPSA) is 94.9 Å². The van der Waals surface area contributed by atoms with E-state index in [2.05, 4.69) is 22.4 Å². The molecular formula is C25H23FN6O3. The van der Waals surface area contributed by atoms with Gasteiger partial charge in [0.25, 0.3) is 0 Å². The zero-order valence-corrected chi connectivity index (χ0v) is 19.0. The maximum absolute atomic E-state index is 13.1. The molecular weight excluding hydrogens is 451 g/mol. The van der Waals surface area contributed by atoms with Crippen molar-refractivity contribution >= 4 is 22.8 Å². The lowest BCUT2D eigenvalue weighted by Crippen LogP contribution is -2.28. The Balaban J connectivity index is 1.40. The Morgan fingerprint density at radius 1 is 1.06 bits per heavy atom. The van der Waals surface area contributed by atoms with E-state index in [0.717, 1.165) is 28.8 Å². The van der Waals surface area contributed by atoms with E-state index in [0.29, 0.717) is 29.2 Å². The Bertz CT molecular complexity index is 1550. The van der Waals surface area contributed by atoms with Crippen molar-refractivity contribution in [3.05, 3.63) is 83.3 Å². The van der Waals surface area contributed by atoms with Crippen molar-refractivity contribution in [3.8, 4) is 17.0 Å². The van der Waals surface area contributed by atoms with E-state index < -0.39 is 17.4 Å². The second kappa shape index (κ2) is 9.41. The predicted octanol–water partition coefficient (Wildman–Crippen LogP) is 3.77. The standard InChI is InChI=1S/C25H23FN6O3/c1-2-3-14-35-20-10-4-17(5-11-20)21-15-22-24-29-32(25(34)30(24)12-13-31(22)28-21)16-23(33)27-19-8-6-18(26)7-9-19/h4-13,15H,2-3,14,16H2,1H3,(H,27,33). The van der Waals surface area contributed by atoms with Gasteiger partial charge in [0.1, 0.15) is 23.6 Å². The molecule has 0 aliphatic carbocycles. The Labute approximate surface area is 199 Å². The summed E-state index contributed by atoms with van der Waals surface area (Å²) >= 11 is 0. The maximum atomic E-state index is 13.1. The average molecular weight is 474 g/mol. The van der Waals surface area contributed by atoms with Gasteiger partial charge in [-0.05, 0) is 61.0 Å². The van der Waals surface area contributed by atoms with E-state index in [1.165, 1.54) is 28.7 Å². The van der Waals surface area contributed by atoms with E-state index >= 15 is 0 Å². The van der Waals surface area contributed by atoms with Crippen LogP contribution >= 0.6 is 0 Å². The highest BCUT2D eigenvalue weighted by Crippen LogP contribution is 2.24. The highest BCUT2D eigenvalue weighted by molar-refractivity contribution is 5.90. The first-order valence-electron chi connectivity index (χ1n) is 11.3. The summed E-state index contributed by atoms with van der Waals surface area (Å²) in [5.74, 6) is -0.0499. The molecule has 5 aromatic rings. The number of rotatable bonds is 8. The molecule has 0 aliphatic rings. The van der Waals surface area contributed by atoms with Crippen molar-refractivity contribution in [2.75, 3.05) is 11.9 Å². The largest absolute Gasteiger partial charge is 0.494 e. The summed E-state index contributed by atoms with van der Waals surface area (Å²) in [5, 5.41) is 11.6. The molecule has 0 saturated heterocycles. The van der Waals surface area contributed by atoms with Crippen molar-refractivity contribution < 1.29 is 13.9 Å². The first-order chi connectivity index (χ1) is 17.0. The summed E-state index contributed by atoms with van der Waals surface area (Å²) in [7, 11) is 0. The highest BCUT2D eigenvalue weighted by Gasteiger charge is 2.15. The normalized spacial score (nSPS) is 11.3. The molecule has 3 heterocycles. The van der Waals surface area contributed by atoms with Gasteiger partial charge in [-0.3, -0.25) is 4.79 Å².